The first-order chi connectivity index (χ1) is 6.32. The summed E-state index contributed by atoms with van der Waals surface area (Å²) in [5.41, 5.74) is 0. The highest BCUT2D eigenvalue weighted by Crippen LogP contribution is 2.42. The molecule has 84 valence electrons. The van der Waals surface area contributed by atoms with Crippen LogP contribution >= 0.6 is 0 Å². The minimum atomic E-state index is -3.25. The summed E-state index contributed by atoms with van der Waals surface area (Å²) in [6.45, 7) is 5.37. The van der Waals surface area contributed by atoms with Crippen LogP contribution in [0.4, 0.5) is 0 Å². The van der Waals surface area contributed by atoms with Crippen molar-refractivity contribution in [2.24, 2.45) is 5.92 Å². The largest absolute Gasteiger partial charge is 0.395 e. The summed E-state index contributed by atoms with van der Waals surface area (Å²) in [7, 11) is -3.25. The summed E-state index contributed by atoms with van der Waals surface area (Å²) in [6.07, 6.45) is 1.44. The van der Waals surface area contributed by atoms with Crippen LogP contribution in [-0.4, -0.2) is 30.9 Å². The Balaban J connectivity index is 2.67. The Kier molecular flexibility index (Phi) is 3.23. The lowest BCUT2D eigenvalue weighted by Crippen LogP contribution is -2.45. The third-order valence-electron chi connectivity index (χ3n) is 2.91. The maximum Gasteiger partial charge on any atom is 0.217 e. The van der Waals surface area contributed by atoms with Gasteiger partial charge in [-0.25, -0.2) is 13.1 Å². The summed E-state index contributed by atoms with van der Waals surface area (Å²) in [6, 6.07) is -0.363. The third-order valence-corrected chi connectivity index (χ3v) is 5.23. The van der Waals surface area contributed by atoms with Crippen LogP contribution in [0.15, 0.2) is 0 Å². The van der Waals surface area contributed by atoms with Crippen molar-refractivity contribution in [2.45, 2.75) is 44.4 Å². The molecule has 0 aliphatic heterocycles. The molecule has 0 unspecified atom stereocenters. The highest BCUT2D eigenvalue weighted by atomic mass is 32.2. The van der Waals surface area contributed by atoms with Crippen LogP contribution in [0.2, 0.25) is 0 Å². The van der Waals surface area contributed by atoms with Gasteiger partial charge in [0.1, 0.15) is 0 Å². The van der Waals surface area contributed by atoms with Gasteiger partial charge in [-0.15, -0.1) is 0 Å². The fraction of sp³-hybridized carbons (Fsp3) is 1.00. The molecule has 1 fully saturated rings. The first kappa shape index (κ1) is 11.9. The summed E-state index contributed by atoms with van der Waals surface area (Å²) in [4.78, 5) is 0. The van der Waals surface area contributed by atoms with Crippen molar-refractivity contribution in [3.05, 3.63) is 0 Å². The number of hydrogen-bond donors (Lipinski definition) is 2. The molecule has 1 rings (SSSR count). The minimum Gasteiger partial charge on any atom is -0.395 e. The summed E-state index contributed by atoms with van der Waals surface area (Å²) in [5.74, 6) is 0.108. The maximum atomic E-state index is 11.8. The second kappa shape index (κ2) is 3.79. The van der Waals surface area contributed by atoms with Crippen molar-refractivity contribution in [3.8, 4) is 0 Å². The lowest BCUT2D eigenvalue weighted by molar-refractivity contribution is 0.227. The van der Waals surface area contributed by atoms with Crippen molar-refractivity contribution < 1.29 is 13.5 Å². The quantitative estimate of drug-likeness (QED) is 0.709. The van der Waals surface area contributed by atoms with E-state index in [0.717, 1.165) is 12.8 Å². The third kappa shape index (κ3) is 2.27. The van der Waals surface area contributed by atoms with E-state index in [1.807, 2.05) is 13.8 Å². The van der Waals surface area contributed by atoms with Crippen molar-refractivity contribution in [2.75, 3.05) is 6.61 Å². The Hall–Kier alpha value is -0.130. The van der Waals surface area contributed by atoms with E-state index >= 15 is 0 Å². The van der Waals surface area contributed by atoms with Crippen LogP contribution in [0.1, 0.15) is 33.6 Å². The van der Waals surface area contributed by atoms with Gasteiger partial charge in [0, 0.05) is 6.04 Å². The second-order valence-corrected chi connectivity index (χ2v) is 6.83. The maximum absolute atomic E-state index is 11.8. The Morgan fingerprint density at radius 3 is 2.21 bits per heavy atom. The van der Waals surface area contributed by atoms with Crippen LogP contribution in [0.5, 0.6) is 0 Å². The van der Waals surface area contributed by atoms with Gasteiger partial charge in [0.25, 0.3) is 0 Å². The molecular formula is C9H19NO3S. The molecule has 0 aromatic heterocycles. The van der Waals surface area contributed by atoms with Crippen LogP contribution < -0.4 is 4.72 Å². The highest BCUT2D eigenvalue weighted by Gasteiger charge is 2.50. The van der Waals surface area contributed by atoms with Crippen molar-refractivity contribution in [1.82, 2.24) is 4.72 Å². The van der Waals surface area contributed by atoms with E-state index in [1.54, 1.807) is 6.92 Å². The topological polar surface area (TPSA) is 66.4 Å². The molecule has 0 spiro atoms. The summed E-state index contributed by atoms with van der Waals surface area (Å²) < 4.78 is 25.5. The highest BCUT2D eigenvalue weighted by molar-refractivity contribution is 7.91. The van der Waals surface area contributed by atoms with Gasteiger partial charge in [0.05, 0.1) is 11.4 Å². The predicted molar refractivity (Wildman–Crippen MR) is 55.4 cm³/mol. The lowest BCUT2D eigenvalue weighted by Gasteiger charge is -2.22. The first-order valence-corrected chi connectivity index (χ1v) is 6.43. The van der Waals surface area contributed by atoms with E-state index in [2.05, 4.69) is 4.72 Å². The molecular weight excluding hydrogens is 202 g/mol. The van der Waals surface area contributed by atoms with E-state index in [1.165, 1.54) is 0 Å². The SMILES string of the molecule is CC(C)[C@@H](CO)NS(=O)(=O)C1(C)CC1. The fourth-order valence-electron chi connectivity index (χ4n) is 1.17. The zero-order chi connectivity index (χ0) is 11.0. The molecule has 0 aromatic rings. The predicted octanol–water partition coefficient (Wildman–Crippen LogP) is 0.475. The van der Waals surface area contributed by atoms with Crippen LogP contribution in [-0.2, 0) is 10.0 Å². The molecule has 5 heteroatoms. The molecule has 0 aromatic carbocycles. The molecule has 1 aliphatic rings. The zero-order valence-electron chi connectivity index (χ0n) is 8.95. The molecule has 1 aliphatic carbocycles. The Bertz CT molecular complexity index is 293. The first-order valence-electron chi connectivity index (χ1n) is 4.95. The van der Waals surface area contributed by atoms with Crippen molar-refractivity contribution in [1.29, 1.82) is 0 Å². The second-order valence-electron chi connectivity index (χ2n) is 4.60. The average molecular weight is 221 g/mol. The standard InChI is InChI=1S/C9H19NO3S/c1-7(2)8(6-11)10-14(12,13)9(3)4-5-9/h7-8,10-11H,4-6H2,1-3H3/t8-/m1/s1. The fourth-order valence-corrected chi connectivity index (χ4v) is 2.84. The summed E-state index contributed by atoms with van der Waals surface area (Å²) >= 11 is 0. The number of nitrogens with one attached hydrogen (secondary N) is 1. The van der Waals surface area contributed by atoms with Gasteiger partial charge in [-0.3, -0.25) is 0 Å². The molecule has 0 radical (unpaired) electrons. The number of hydrogen-bond acceptors (Lipinski definition) is 3. The van der Waals surface area contributed by atoms with Gasteiger partial charge >= 0.3 is 0 Å². The van der Waals surface area contributed by atoms with Gasteiger partial charge < -0.3 is 5.11 Å². The number of rotatable bonds is 5. The van der Waals surface area contributed by atoms with Gasteiger partial charge in [0.15, 0.2) is 0 Å². The van der Waals surface area contributed by atoms with E-state index in [-0.39, 0.29) is 18.6 Å². The van der Waals surface area contributed by atoms with Gasteiger partial charge in [-0.2, -0.15) is 0 Å². The van der Waals surface area contributed by atoms with Gasteiger partial charge in [-0.05, 0) is 25.7 Å². The molecule has 0 heterocycles. The number of sulfonamides is 1. The van der Waals surface area contributed by atoms with Gasteiger partial charge in [-0.1, -0.05) is 13.8 Å². The Morgan fingerprint density at radius 2 is 1.93 bits per heavy atom. The molecule has 14 heavy (non-hydrogen) atoms. The molecule has 1 saturated carbocycles. The van der Waals surface area contributed by atoms with Crippen LogP contribution in [0, 0.1) is 5.92 Å². The summed E-state index contributed by atoms with van der Waals surface area (Å²) in [5, 5.41) is 9.02. The van der Waals surface area contributed by atoms with E-state index in [0.29, 0.717) is 0 Å². The van der Waals surface area contributed by atoms with Crippen molar-refractivity contribution in [3.63, 3.8) is 0 Å². The number of aliphatic hydroxyl groups is 1. The Labute approximate surface area is 85.8 Å². The smallest absolute Gasteiger partial charge is 0.217 e. The van der Waals surface area contributed by atoms with Crippen LogP contribution in [0.3, 0.4) is 0 Å². The normalized spacial score (nSPS) is 22.4. The monoisotopic (exact) mass is 221 g/mol. The lowest BCUT2D eigenvalue weighted by atomic mass is 10.1. The average Bonchev–Trinajstić information content (AvgIpc) is 2.80. The molecule has 0 saturated heterocycles. The minimum absolute atomic E-state index is 0.108. The van der Waals surface area contributed by atoms with E-state index in [9.17, 15) is 8.42 Å². The van der Waals surface area contributed by atoms with Crippen LogP contribution in [0.25, 0.3) is 0 Å². The van der Waals surface area contributed by atoms with E-state index < -0.39 is 14.8 Å². The van der Waals surface area contributed by atoms with E-state index in [4.69, 9.17) is 5.11 Å². The number of aliphatic hydroxyl groups excluding tert-OH is 1. The molecule has 0 bridgehead atoms. The molecule has 2 N–H and O–H groups in total. The van der Waals surface area contributed by atoms with Gasteiger partial charge in [0.2, 0.25) is 10.0 Å². The Morgan fingerprint density at radius 1 is 1.43 bits per heavy atom. The molecule has 1 atom stereocenters. The van der Waals surface area contributed by atoms with Crippen molar-refractivity contribution >= 4 is 10.0 Å². The zero-order valence-corrected chi connectivity index (χ0v) is 9.76. The molecule has 4 nitrogen and oxygen atoms in total. The molecule has 0 amide bonds.